The van der Waals surface area contributed by atoms with Gasteiger partial charge in [0.15, 0.2) is 6.19 Å². The van der Waals surface area contributed by atoms with Crippen molar-refractivity contribution in [2.75, 3.05) is 7.05 Å². The number of nitrogens with zero attached hydrogens (tertiary/aromatic N) is 2. The first-order valence-corrected chi connectivity index (χ1v) is 5.33. The molecule has 1 aromatic heterocycles. The van der Waals surface area contributed by atoms with Gasteiger partial charge in [-0.2, -0.15) is 13.7 Å². The highest BCUT2D eigenvalue weighted by Gasteiger charge is 2.19. The molecule has 0 unspecified atom stereocenters. The van der Waals surface area contributed by atoms with E-state index < -0.39 is 10.0 Å². The molecule has 1 aromatic rings. The number of sulfonamides is 1. The van der Waals surface area contributed by atoms with Crippen LogP contribution in [0, 0.1) is 11.5 Å². The van der Waals surface area contributed by atoms with Crippen LogP contribution in [0.3, 0.4) is 0 Å². The van der Waals surface area contributed by atoms with E-state index in [1.54, 1.807) is 17.6 Å². The fourth-order valence-electron chi connectivity index (χ4n) is 0.599. The molecule has 0 fully saturated rings. The molecule has 6 heteroatoms. The molecule has 1 heterocycles. The van der Waals surface area contributed by atoms with Crippen molar-refractivity contribution < 1.29 is 8.42 Å². The van der Waals surface area contributed by atoms with Crippen molar-refractivity contribution >= 4 is 21.4 Å². The van der Waals surface area contributed by atoms with Crippen LogP contribution in [-0.2, 0) is 10.0 Å². The summed E-state index contributed by atoms with van der Waals surface area (Å²) in [6.07, 6.45) is 1.55. The highest BCUT2D eigenvalue weighted by atomic mass is 32.2. The minimum Gasteiger partial charge on any atom is -0.205 e. The smallest absolute Gasteiger partial charge is 0.205 e. The molecule has 0 radical (unpaired) electrons. The Hall–Kier alpha value is -1.06. The predicted molar refractivity (Wildman–Crippen MR) is 44.9 cm³/mol. The first kappa shape index (κ1) is 9.03. The normalized spacial score (nSPS) is 10.7. The zero-order valence-corrected chi connectivity index (χ0v) is 7.89. The highest BCUT2D eigenvalue weighted by molar-refractivity contribution is 7.91. The maximum absolute atomic E-state index is 11.3. The Morgan fingerprint density at radius 1 is 1.67 bits per heavy atom. The van der Waals surface area contributed by atoms with E-state index >= 15 is 0 Å². The lowest BCUT2D eigenvalue weighted by atomic mass is 10.7. The van der Waals surface area contributed by atoms with Crippen LogP contribution in [0.2, 0.25) is 0 Å². The van der Waals surface area contributed by atoms with Gasteiger partial charge in [0.25, 0.3) is 10.0 Å². The van der Waals surface area contributed by atoms with E-state index in [-0.39, 0.29) is 4.21 Å². The van der Waals surface area contributed by atoms with Crippen molar-refractivity contribution in [2.45, 2.75) is 4.21 Å². The van der Waals surface area contributed by atoms with Gasteiger partial charge in [-0.3, -0.25) is 0 Å². The Morgan fingerprint density at radius 2 is 2.33 bits per heavy atom. The topological polar surface area (TPSA) is 61.2 Å². The van der Waals surface area contributed by atoms with Crippen LogP contribution in [0.25, 0.3) is 0 Å². The van der Waals surface area contributed by atoms with Gasteiger partial charge in [-0.25, -0.2) is 4.31 Å². The molecule has 0 N–H and O–H groups in total. The third kappa shape index (κ3) is 1.42. The quantitative estimate of drug-likeness (QED) is 0.527. The zero-order chi connectivity index (χ0) is 9.19. The molecule has 0 amide bonds. The monoisotopic (exact) mass is 202 g/mol. The van der Waals surface area contributed by atoms with E-state index in [4.69, 9.17) is 5.26 Å². The molecule has 0 atom stereocenters. The summed E-state index contributed by atoms with van der Waals surface area (Å²) in [6, 6.07) is 3.09. The molecule has 1 rings (SSSR count). The third-order valence-corrected chi connectivity index (χ3v) is 4.28. The third-order valence-electron chi connectivity index (χ3n) is 1.25. The van der Waals surface area contributed by atoms with Crippen molar-refractivity contribution in [1.29, 1.82) is 5.26 Å². The van der Waals surface area contributed by atoms with Crippen LogP contribution in [0.5, 0.6) is 0 Å². The molecule has 0 aliphatic heterocycles. The Balaban J connectivity index is 3.14. The van der Waals surface area contributed by atoms with Crippen molar-refractivity contribution in [3.8, 4) is 6.19 Å². The lowest BCUT2D eigenvalue weighted by Crippen LogP contribution is -2.20. The average Bonchev–Trinajstić information content (AvgIpc) is 2.55. The van der Waals surface area contributed by atoms with Gasteiger partial charge in [-0.05, 0) is 11.4 Å². The summed E-state index contributed by atoms with van der Waals surface area (Å²) in [5.74, 6) is 0. The fraction of sp³-hybridized carbons (Fsp3) is 0.167. The molecule has 0 bridgehead atoms. The summed E-state index contributed by atoms with van der Waals surface area (Å²) < 4.78 is 23.5. The first-order valence-electron chi connectivity index (χ1n) is 3.01. The molecular formula is C6H6N2O2S2. The summed E-state index contributed by atoms with van der Waals surface area (Å²) in [6.45, 7) is 0. The molecule has 12 heavy (non-hydrogen) atoms. The van der Waals surface area contributed by atoms with E-state index in [1.165, 1.54) is 13.1 Å². The van der Waals surface area contributed by atoms with Gasteiger partial charge in [-0.15, -0.1) is 11.3 Å². The molecule has 0 aliphatic rings. The highest BCUT2D eigenvalue weighted by Crippen LogP contribution is 2.18. The second kappa shape index (κ2) is 3.13. The second-order valence-corrected chi connectivity index (χ2v) is 5.15. The standard InChI is InChI=1S/C6H6N2O2S2/c1-8(5-7)12(9,10)6-3-2-4-11-6/h2-4H,1H3. The zero-order valence-electron chi connectivity index (χ0n) is 6.26. The number of rotatable bonds is 2. The molecule has 0 spiro atoms. The van der Waals surface area contributed by atoms with Gasteiger partial charge < -0.3 is 0 Å². The van der Waals surface area contributed by atoms with E-state index in [0.29, 0.717) is 4.31 Å². The Bertz CT molecular complexity index is 388. The van der Waals surface area contributed by atoms with Gasteiger partial charge in [0.2, 0.25) is 0 Å². The number of hydrogen-bond acceptors (Lipinski definition) is 4. The minimum absolute atomic E-state index is 0.187. The van der Waals surface area contributed by atoms with Crippen LogP contribution in [-0.4, -0.2) is 19.8 Å². The van der Waals surface area contributed by atoms with Crippen molar-refractivity contribution in [2.24, 2.45) is 0 Å². The average molecular weight is 202 g/mol. The summed E-state index contributed by atoms with van der Waals surface area (Å²) in [5, 5.41) is 10.0. The SMILES string of the molecule is CN(C#N)S(=O)(=O)c1cccs1. The minimum atomic E-state index is -3.55. The Labute approximate surface area is 74.7 Å². The van der Waals surface area contributed by atoms with Crippen molar-refractivity contribution in [3.63, 3.8) is 0 Å². The van der Waals surface area contributed by atoms with Gasteiger partial charge in [0, 0.05) is 7.05 Å². The maximum Gasteiger partial charge on any atom is 0.281 e. The first-order chi connectivity index (χ1) is 5.59. The maximum atomic E-state index is 11.3. The van der Waals surface area contributed by atoms with E-state index in [2.05, 4.69) is 0 Å². The molecule has 0 aliphatic carbocycles. The predicted octanol–water partition coefficient (Wildman–Crippen LogP) is 0.850. The number of nitriles is 1. The van der Waals surface area contributed by atoms with Gasteiger partial charge >= 0.3 is 0 Å². The Kier molecular flexibility index (Phi) is 2.35. The summed E-state index contributed by atoms with van der Waals surface area (Å²) in [7, 11) is -2.34. The van der Waals surface area contributed by atoms with Crippen LogP contribution in [0.1, 0.15) is 0 Å². The molecule has 64 valence electrons. The molecular weight excluding hydrogens is 196 g/mol. The van der Waals surface area contributed by atoms with Crippen molar-refractivity contribution in [3.05, 3.63) is 17.5 Å². The van der Waals surface area contributed by atoms with Crippen LogP contribution < -0.4 is 0 Å². The summed E-state index contributed by atoms with van der Waals surface area (Å²) in [5.41, 5.74) is 0. The van der Waals surface area contributed by atoms with Gasteiger partial charge in [0.05, 0.1) is 0 Å². The molecule has 0 saturated heterocycles. The van der Waals surface area contributed by atoms with Gasteiger partial charge in [-0.1, -0.05) is 6.07 Å². The molecule has 0 aromatic carbocycles. The molecule has 4 nitrogen and oxygen atoms in total. The number of hydrogen-bond donors (Lipinski definition) is 0. The van der Waals surface area contributed by atoms with Gasteiger partial charge in [0.1, 0.15) is 4.21 Å². The van der Waals surface area contributed by atoms with Crippen molar-refractivity contribution in [1.82, 2.24) is 4.31 Å². The largest absolute Gasteiger partial charge is 0.281 e. The molecule has 0 saturated carbocycles. The summed E-state index contributed by atoms with van der Waals surface area (Å²) in [4.78, 5) is 0. The fourth-order valence-corrected chi connectivity index (χ4v) is 2.66. The van der Waals surface area contributed by atoms with E-state index in [0.717, 1.165) is 11.3 Å². The lowest BCUT2D eigenvalue weighted by Gasteiger charge is -2.06. The van der Waals surface area contributed by atoms with E-state index in [9.17, 15) is 8.42 Å². The second-order valence-electron chi connectivity index (χ2n) is 2.00. The summed E-state index contributed by atoms with van der Waals surface area (Å²) >= 11 is 1.09. The Morgan fingerprint density at radius 3 is 2.75 bits per heavy atom. The van der Waals surface area contributed by atoms with E-state index in [1.807, 2.05) is 0 Å². The van der Waals surface area contributed by atoms with Crippen LogP contribution in [0.4, 0.5) is 0 Å². The van der Waals surface area contributed by atoms with Crippen LogP contribution in [0.15, 0.2) is 21.7 Å². The lowest BCUT2D eigenvalue weighted by molar-refractivity contribution is 0.547. The van der Waals surface area contributed by atoms with Crippen LogP contribution >= 0.6 is 11.3 Å². The number of thiophene rings is 1.